The van der Waals surface area contributed by atoms with Gasteiger partial charge in [-0.15, -0.1) is 0 Å². The maximum atomic E-state index is 12.6. The van der Waals surface area contributed by atoms with E-state index >= 15 is 0 Å². The molecule has 0 aromatic rings. The molecule has 2 N–H and O–H groups in total. The quantitative estimate of drug-likeness (QED) is 0.453. The van der Waals surface area contributed by atoms with Gasteiger partial charge >= 0.3 is 5.97 Å². The molecule has 2 rings (SSSR count). The molecule has 130 valence electrons. The Morgan fingerprint density at radius 1 is 1.00 bits per heavy atom. The first-order valence-corrected chi connectivity index (χ1v) is 8.86. The number of ketones is 1. The molecule has 1 atom stereocenters. The molecule has 23 heavy (non-hydrogen) atoms. The number of piperidine rings is 1. The molecule has 2 fully saturated rings. The third-order valence-corrected chi connectivity index (χ3v) is 4.82. The lowest BCUT2D eigenvalue weighted by Crippen LogP contribution is -2.52. The smallest absolute Gasteiger partial charge is 0.328 e. The van der Waals surface area contributed by atoms with Crippen molar-refractivity contribution in [3.63, 3.8) is 0 Å². The molecular weight excluding hydrogens is 296 g/mol. The summed E-state index contributed by atoms with van der Waals surface area (Å²) in [5.74, 6) is -1.36. The Hall–Kier alpha value is -1.43. The number of hydrogen-bond acceptors (Lipinski definition) is 5. The van der Waals surface area contributed by atoms with Gasteiger partial charge in [-0.05, 0) is 45.1 Å². The summed E-state index contributed by atoms with van der Waals surface area (Å²) in [7, 11) is 0. The van der Waals surface area contributed by atoms with Crippen LogP contribution in [0.25, 0.3) is 0 Å². The highest BCUT2D eigenvalue weighted by atomic mass is 16.5. The third-order valence-electron chi connectivity index (χ3n) is 4.82. The molecule has 0 aromatic carbocycles. The third kappa shape index (κ3) is 4.77. The van der Waals surface area contributed by atoms with E-state index in [0.717, 1.165) is 44.9 Å². The van der Waals surface area contributed by atoms with Crippen LogP contribution in [-0.4, -0.2) is 48.3 Å². The molecule has 6 heteroatoms. The van der Waals surface area contributed by atoms with Gasteiger partial charge in [-0.2, -0.15) is 0 Å². The van der Waals surface area contributed by atoms with Crippen LogP contribution in [0.2, 0.25) is 0 Å². The van der Waals surface area contributed by atoms with E-state index in [2.05, 4.69) is 0 Å². The van der Waals surface area contributed by atoms with Crippen molar-refractivity contribution in [1.82, 2.24) is 4.90 Å². The van der Waals surface area contributed by atoms with Crippen LogP contribution in [-0.2, 0) is 19.1 Å². The van der Waals surface area contributed by atoms with E-state index in [1.54, 1.807) is 0 Å². The van der Waals surface area contributed by atoms with E-state index in [1.165, 1.54) is 4.90 Å². The van der Waals surface area contributed by atoms with Crippen LogP contribution in [0.4, 0.5) is 0 Å². The lowest BCUT2D eigenvalue weighted by molar-refractivity contribution is -0.160. The highest BCUT2D eigenvalue weighted by molar-refractivity contribution is 6.37. The van der Waals surface area contributed by atoms with E-state index in [0.29, 0.717) is 25.9 Å². The number of hydrogen-bond donors (Lipinski definition) is 1. The van der Waals surface area contributed by atoms with E-state index in [9.17, 15) is 14.4 Å². The average molecular weight is 324 g/mol. The summed E-state index contributed by atoms with van der Waals surface area (Å²) in [4.78, 5) is 38.7. The van der Waals surface area contributed by atoms with E-state index in [4.69, 9.17) is 10.5 Å². The SMILES string of the molecule is NCCCOC(=O)C1CCCCN1C(=O)C(=O)C1CCCCC1. The maximum Gasteiger partial charge on any atom is 0.328 e. The lowest BCUT2D eigenvalue weighted by Gasteiger charge is -2.34. The van der Waals surface area contributed by atoms with Crippen molar-refractivity contribution in [1.29, 1.82) is 0 Å². The summed E-state index contributed by atoms with van der Waals surface area (Å²) >= 11 is 0. The second kappa shape index (κ2) is 9.01. The molecule has 1 saturated heterocycles. The Bertz CT molecular complexity index is 432. The highest BCUT2D eigenvalue weighted by Gasteiger charge is 2.38. The minimum Gasteiger partial charge on any atom is -0.464 e. The van der Waals surface area contributed by atoms with Gasteiger partial charge < -0.3 is 15.4 Å². The summed E-state index contributed by atoms with van der Waals surface area (Å²) in [6, 6.07) is -0.610. The normalized spacial score (nSPS) is 22.7. The van der Waals surface area contributed by atoms with Gasteiger partial charge in [-0.25, -0.2) is 4.79 Å². The van der Waals surface area contributed by atoms with Gasteiger partial charge in [0, 0.05) is 12.5 Å². The molecule has 1 aliphatic carbocycles. The number of amides is 1. The molecular formula is C17H28N2O4. The number of Topliss-reactive ketones (excluding diaryl/α,β-unsaturated/α-hetero) is 1. The minimum absolute atomic E-state index is 0.160. The monoisotopic (exact) mass is 324 g/mol. The zero-order valence-corrected chi connectivity index (χ0v) is 13.8. The van der Waals surface area contributed by atoms with Gasteiger partial charge in [0.2, 0.25) is 5.78 Å². The van der Waals surface area contributed by atoms with Crippen LogP contribution < -0.4 is 5.73 Å². The number of esters is 1. The second-order valence-corrected chi connectivity index (χ2v) is 6.52. The predicted molar refractivity (Wildman–Crippen MR) is 85.6 cm³/mol. The Morgan fingerprint density at radius 2 is 1.70 bits per heavy atom. The number of nitrogens with zero attached hydrogens (tertiary/aromatic N) is 1. The molecule has 0 radical (unpaired) electrons. The number of rotatable bonds is 6. The zero-order valence-electron chi connectivity index (χ0n) is 13.8. The van der Waals surface area contributed by atoms with Crippen LogP contribution in [0.15, 0.2) is 0 Å². The van der Waals surface area contributed by atoms with Crippen molar-refractivity contribution in [3.8, 4) is 0 Å². The van der Waals surface area contributed by atoms with Gasteiger partial charge in [0.25, 0.3) is 5.91 Å². The molecule has 1 unspecified atom stereocenters. The van der Waals surface area contributed by atoms with Gasteiger partial charge in [-0.1, -0.05) is 19.3 Å². The molecule has 6 nitrogen and oxygen atoms in total. The molecule has 0 spiro atoms. The van der Waals surface area contributed by atoms with Crippen molar-refractivity contribution < 1.29 is 19.1 Å². The van der Waals surface area contributed by atoms with Crippen LogP contribution in [0.5, 0.6) is 0 Å². The molecule has 0 aromatic heterocycles. The van der Waals surface area contributed by atoms with Gasteiger partial charge in [0.1, 0.15) is 6.04 Å². The van der Waals surface area contributed by atoms with Crippen LogP contribution in [0, 0.1) is 5.92 Å². The maximum absolute atomic E-state index is 12.6. The Labute approximate surface area is 137 Å². The summed E-state index contributed by atoms with van der Waals surface area (Å²) in [5.41, 5.74) is 5.39. The summed E-state index contributed by atoms with van der Waals surface area (Å²) in [6.45, 7) is 1.19. The molecule has 1 heterocycles. The number of carbonyl (C=O) groups excluding carboxylic acids is 3. The minimum atomic E-state index is -0.610. The first-order chi connectivity index (χ1) is 11.1. The van der Waals surface area contributed by atoms with Crippen molar-refractivity contribution >= 4 is 17.7 Å². The Balaban J connectivity index is 1.97. The molecule has 0 bridgehead atoms. The Morgan fingerprint density at radius 3 is 2.39 bits per heavy atom. The number of nitrogens with two attached hydrogens (primary N) is 1. The topological polar surface area (TPSA) is 89.7 Å². The van der Waals surface area contributed by atoms with Crippen LogP contribution in [0.1, 0.15) is 57.8 Å². The van der Waals surface area contributed by atoms with Crippen molar-refractivity contribution in [2.24, 2.45) is 11.7 Å². The molecule has 1 aliphatic heterocycles. The fourth-order valence-electron chi connectivity index (χ4n) is 3.45. The summed E-state index contributed by atoms with van der Waals surface area (Å²) < 4.78 is 5.20. The van der Waals surface area contributed by atoms with Gasteiger partial charge in [0.15, 0.2) is 0 Å². The van der Waals surface area contributed by atoms with E-state index in [-0.39, 0.29) is 18.3 Å². The first-order valence-electron chi connectivity index (χ1n) is 8.86. The molecule has 2 aliphatic rings. The van der Waals surface area contributed by atoms with E-state index in [1.807, 2.05) is 0 Å². The number of likely N-dealkylation sites (tertiary alicyclic amines) is 1. The fraction of sp³-hybridized carbons (Fsp3) is 0.824. The largest absolute Gasteiger partial charge is 0.464 e. The Kier molecular flexibility index (Phi) is 7.02. The van der Waals surface area contributed by atoms with Crippen molar-refractivity contribution in [3.05, 3.63) is 0 Å². The first kappa shape index (κ1) is 17.9. The number of ether oxygens (including phenoxy) is 1. The predicted octanol–water partition coefficient (Wildman–Crippen LogP) is 1.41. The standard InChI is InChI=1S/C17H28N2O4/c18-10-6-12-23-17(22)14-9-4-5-11-19(14)16(21)15(20)13-7-2-1-3-8-13/h13-14H,1-12,18H2. The zero-order chi connectivity index (χ0) is 16.7. The van der Waals surface area contributed by atoms with Gasteiger partial charge in [0.05, 0.1) is 6.61 Å². The summed E-state index contributed by atoms with van der Waals surface area (Å²) in [6.07, 6.45) is 7.63. The van der Waals surface area contributed by atoms with E-state index < -0.39 is 17.9 Å². The average Bonchev–Trinajstić information content (AvgIpc) is 2.61. The van der Waals surface area contributed by atoms with Crippen LogP contribution >= 0.6 is 0 Å². The molecule has 1 saturated carbocycles. The van der Waals surface area contributed by atoms with Crippen LogP contribution in [0.3, 0.4) is 0 Å². The van der Waals surface area contributed by atoms with Crippen molar-refractivity contribution in [2.45, 2.75) is 63.8 Å². The number of carbonyl (C=O) groups is 3. The molecule has 1 amide bonds. The fourth-order valence-corrected chi connectivity index (χ4v) is 3.45. The van der Waals surface area contributed by atoms with Crippen molar-refractivity contribution in [2.75, 3.05) is 19.7 Å². The second-order valence-electron chi connectivity index (χ2n) is 6.52. The highest BCUT2D eigenvalue weighted by Crippen LogP contribution is 2.26. The summed E-state index contributed by atoms with van der Waals surface area (Å²) in [5, 5.41) is 0. The lowest BCUT2D eigenvalue weighted by atomic mass is 9.85. The van der Waals surface area contributed by atoms with Gasteiger partial charge in [-0.3, -0.25) is 9.59 Å².